The molecule has 4 nitrogen and oxygen atoms in total. The topological polar surface area (TPSA) is 46.1 Å². The van der Waals surface area contributed by atoms with Gasteiger partial charge in [0.15, 0.2) is 0 Å². The van der Waals surface area contributed by atoms with Crippen LogP contribution in [-0.2, 0) is 0 Å². The maximum atomic E-state index is 4.44. The average Bonchev–Trinajstić information content (AvgIpc) is 2.80. The summed E-state index contributed by atoms with van der Waals surface area (Å²) < 4.78 is 1.38. The van der Waals surface area contributed by atoms with Gasteiger partial charge in [-0.15, -0.1) is 0 Å². The molecular weight excluding hydrogens is 214 g/mol. The monoisotopic (exact) mass is 235 g/mol. The Morgan fingerprint density at radius 1 is 1.00 bits per heavy atom. The van der Waals surface area contributed by atoms with E-state index in [9.17, 15) is 0 Å². The van der Waals surface area contributed by atoms with Gasteiger partial charge >= 0.3 is 0 Å². The molecule has 0 saturated carbocycles. The van der Waals surface area contributed by atoms with Crippen LogP contribution in [0, 0.1) is 0 Å². The van der Waals surface area contributed by atoms with Crippen LogP contribution in [0.25, 0.3) is 0 Å². The summed E-state index contributed by atoms with van der Waals surface area (Å²) in [6, 6.07) is 6.19. The van der Waals surface area contributed by atoms with Crippen molar-refractivity contribution in [3.05, 3.63) is 24.4 Å². The van der Waals surface area contributed by atoms with Crippen LogP contribution in [0.3, 0.4) is 0 Å². The van der Waals surface area contributed by atoms with Crippen LogP contribution in [0.5, 0.6) is 0 Å². The average molecular weight is 235 g/mol. The molecule has 0 aromatic carbocycles. The van der Waals surface area contributed by atoms with Gasteiger partial charge in [-0.3, -0.25) is 0 Å². The van der Waals surface area contributed by atoms with Crippen molar-refractivity contribution in [2.75, 3.05) is 44.2 Å². The van der Waals surface area contributed by atoms with Gasteiger partial charge in [0.1, 0.15) is 5.82 Å². The van der Waals surface area contributed by atoms with Crippen LogP contribution in [0.2, 0.25) is 0 Å². The first-order valence-electron chi connectivity index (χ1n) is 6.39. The summed E-state index contributed by atoms with van der Waals surface area (Å²) in [6.07, 6.45) is 4.76. The Kier molecular flexibility index (Phi) is 3.64. The zero-order valence-electron chi connectivity index (χ0n) is 10.3. The summed E-state index contributed by atoms with van der Waals surface area (Å²) in [5.74, 6) is 1.15. The van der Waals surface area contributed by atoms with E-state index >= 15 is 0 Å². The molecule has 2 fully saturated rings. The van der Waals surface area contributed by atoms with Gasteiger partial charge < -0.3 is 14.9 Å². The minimum absolute atomic E-state index is 0. The number of hydrogen-bond acceptors (Lipinski definition) is 3. The smallest absolute Gasteiger partial charge is 0.128 e. The van der Waals surface area contributed by atoms with Crippen molar-refractivity contribution < 1.29 is 9.96 Å². The molecule has 0 radical (unpaired) electrons. The van der Waals surface area contributed by atoms with Crippen molar-refractivity contribution in [3.63, 3.8) is 0 Å². The van der Waals surface area contributed by atoms with Gasteiger partial charge in [0.05, 0.1) is 39.3 Å². The normalized spacial score (nSPS) is 22.5. The van der Waals surface area contributed by atoms with Gasteiger partial charge in [0.2, 0.25) is 0 Å². The minimum Gasteiger partial charge on any atom is -0.870 e. The number of pyridine rings is 1. The second-order valence-electron chi connectivity index (χ2n) is 5.12. The van der Waals surface area contributed by atoms with Crippen molar-refractivity contribution in [3.8, 4) is 0 Å². The summed E-state index contributed by atoms with van der Waals surface area (Å²) in [7, 11) is 0. The van der Waals surface area contributed by atoms with Crippen molar-refractivity contribution in [2.24, 2.45) is 0 Å². The molecule has 3 rings (SSSR count). The maximum absolute atomic E-state index is 4.44. The molecule has 3 heterocycles. The van der Waals surface area contributed by atoms with Crippen LogP contribution in [-0.4, -0.2) is 54.2 Å². The molecule has 0 amide bonds. The highest BCUT2D eigenvalue weighted by Gasteiger charge is 2.35. The predicted molar refractivity (Wildman–Crippen MR) is 67.3 cm³/mol. The molecule has 2 saturated heterocycles. The minimum atomic E-state index is 0. The van der Waals surface area contributed by atoms with Gasteiger partial charge in [0.25, 0.3) is 0 Å². The number of rotatable bonds is 1. The second-order valence-corrected chi connectivity index (χ2v) is 5.12. The lowest BCUT2D eigenvalue weighted by atomic mass is 10.2. The molecule has 1 N–H and O–H groups in total. The van der Waals surface area contributed by atoms with Crippen LogP contribution < -0.4 is 4.90 Å². The standard InChI is InChI=1S/C13H20N3.H2O/c1-2-6-14-13(5-1)15-7-11-16(12-8-15)9-3-4-10-16;/h1-2,5-6H,3-4,7-12H2;1H2/q+1;/p-1. The fourth-order valence-electron chi connectivity index (χ4n) is 3.11. The summed E-state index contributed by atoms with van der Waals surface area (Å²) in [5, 5.41) is 0. The summed E-state index contributed by atoms with van der Waals surface area (Å²) in [4.78, 5) is 6.87. The Hall–Kier alpha value is -1.13. The number of quaternary nitrogens is 1. The third kappa shape index (κ3) is 2.42. The van der Waals surface area contributed by atoms with Gasteiger partial charge in [-0.2, -0.15) is 0 Å². The first-order valence-corrected chi connectivity index (χ1v) is 6.39. The van der Waals surface area contributed by atoms with Crippen LogP contribution >= 0.6 is 0 Å². The fraction of sp³-hybridized carbons (Fsp3) is 0.615. The summed E-state index contributed by atoms with van der Waals surface area (Å²) >= 11 is 0. The van der Waals surface area contributed by atoms with E-state index in [0.29, 0.717) is 0 Å². The highest BCUT2D eigenvalue weighted by atomic mass is 16.0. The Morgan fingerprint density at radius 2 is 1.71 bits per heavy atom. The van der Waals surface area contributed by atoms with Gasteiger partial charge in [-0.05, 0) is 12.1 Å². The molecule has 1 aromatic rings. The molecular formula is C13H21N3O. The van der Waals surface area contributed by atoms with Gasteiger partial charge in [-0.1, -0.05) is 6.07 Å². The van der Waals surface area contributed by atoms with E-state index in [1.807, 2.05) is 12.3 Å². The van der Waals surface area contributed by atoms with Crippen LogP contribution in [0.4, 0.5) is 5.82 Å². The third-order valence-corrected chi connectivity index (χ3v) is 4.18. The number of nitrogens with zero attached hydrogens (tertiary/aromatic N) is 3. The molecule has 17 heavy (non-hydrogen) atoms. The largest absolute Gasteiger partial charge is 0.870 e. The molecule has 1 spiro atoms. The van der Waals surface area contributed by atoms with Crippen molar-refractivity contribution >= 4 is 5.82 Å². The lowest BCUT2D eigenvalue weighted by Crippen LogP contribution is -2.58. The number of piperazine rings is 1. The second kappa shape index (κ2) is 5.02. The number of hydrogen-bond donors (Lipinski definition) is 0. The van der Waals surface area contributed by atoms with E-state index < -0.39 is 0 Å². The van der Waals surface area contributed by atoms with Crippen LogP contribution in [0.1, 0.15) is 12.8 Å². The molecule has 94 valence electrons. The van der Waals surface area contributed by atoms with E-state index in [2.05, 4.69) is 22.0 Å². The molecule has 1 aromatic heterocycles. The molecule has 0 aliphatic carbocycles. The SMILES string of the molecule is [OH-].c1ccc(N2CC[N+]3(CCCC3)CC2)nc1. The highest BCUT2D eigenvalue weighted by Crippen LogP contribution is 2.23. The van der Waals surface area contributed by atoms with Gasteiger partial charge in [0, 0.05) is 19.0 Å². The Morgan fingerprint density at radius 3 is 2.29 bits per heavy atom. The molecule has 0 unspecified atom stereocenters. The first-order chi connectivity index (χ1) is 7.88. The summed E-state index contributed by atoms with van der Waals surface area (Å²) in [5.41, 5.74) is 0. The Bertz CT molecular complexity index is 339. The van der Waals surface area contributed by atoms with Crippen molar-refractivity contribution in [2.45, 2.75) is 12.8 Å². The van der Waals surface area contributed by atoms with E-state index in [1.165, 1.54) is 56.6 Å². The lowest BCUT2D eigenvalue weighted by molar-refractivity contribution is -0.917. The molecule has 0 atom stereocenters. The molecule has 2 aliphatic heterocycles. The van der Waals surface area contributed by atoms with E-state index in [0.717, 1.165) is 5.82 Å². The molecule has 4 heteroatoms. The first kappa shape index (κ1) is 12.3. The zero-order chi connectivity index (χ0) is 10.8. The number of anilines is 1. The predicted octanol–water partition coefficient (Wildman–Crippen LogP) is 1.34. The summed E-state index contributed by atoms with van der Waals surface area (Å²) in [6.45, 7) is 7.81. The van der Waals surface area contributed by atoms with E-state index in [-0.39, 0.29) is 5.48 Å². The lowest BCUT2D eigenvalue weighted by Gasteiger charge is -2.42. The van der Waals surface area contributed by atoms with Gasteiger partial charge in [-0.25, -0.2) is 4.98 Å². The maximum Gasteiger partial charge on any atom is 0.128 e. The number of aromatic nitrogens is 1. The Labute approximate surface area is 103 Å². The molecule has 0 bridgehead atoms. The fourth-order valence-corrected chi connectivity index (χ4v) is 3.11. The Balaban J connectivity index is 0.00000108. The molecule has 2 aliphatic rings. The quantitative estimate of drug-likeness (QED) is 0.690. The van der Waals surface area contributed by atoms with Crippen molar-refractivity contribution in [1.29, 1.82) is 0 Å². The van der Waals surface area contributed by atoms with E-state index in [4.69, 9.17) is 0 Å². The van der Waals surface area contributed by atoms with Crippen molar-refractivity contribution in [1.82, 2.24) is 4.98 Å². The highest BCUT2D eigenvalue weighted by molar-refractivity contribution is 5.37. The zero-order valence-corrected chi connectivity index (χ0v) is 10.3. The van der Waals surface area contributed by atoms with E-state index in [1.54, 1.807) is 0 Å². The third-order valence-electron chi connectivity index (χ3n) is 4.18. The van der Waals surface area contributed by atoms with Crippen LogP contribution in [0.15, 0.2) is 24.4 Å².